The van der Waals surface area contributed by atoms with Crippen LogP contribution in [0.25, 0.3) is 0 Å². The fraction of sp³-hybridized carbons (Fsp3) is 0.188. The molecule has 0 bridgehead atoms. The van der Waals surface area contributed by atoms with E-state index in [0.29, 0.717) is 16.9 Å². The number of rotatable bonds is 3. The van der Waals surface area contributed by atoms with E-state index in [-0.39, 0.29) is 11.9 Å². The van der Waals surface area contributed by atoms with Crippen molar-refractivity contribution in [1.29, 1.82) is 5.26 Å². The summed E-state index contributed by atoms with van der Waals surface area (Å²) in [4.78, 5) is 1.67. The summed E-state index contributed by atoms with van der Waals surface area (Å²) in [6.07, 6.45) is 0. The fourth-order valence-electron chi connectivity index (χ4n) is 2.07. The maximum atomic E-state index is 14.2. The van der Waals surface area contributed by atoms with Crippen LogP contribution in [0.2, 0.25) is 0 Å². The monoisotopic (exact) mass is 269 g/mol. The molecule has 0 heterocycles. The highest BCUT2D eigenvalue weighted by Crippen LogP contribution is 2.29. The molecule has 0 aliphatic carbocycles. The summed E-state index contributed by atoms with van der Waals surface area (Å²) in [5, 5.41) is 9.11. The van der Waals surface area contributed by atoms with Gasteiger partial charge in [0, 0.05) is 13.1 Å². The summed E-state index contributed by atoms with van der Waals surface area (Å²) in [5.41, 5.74) is 8.07. The smallest absolute Gasteiger partial charge is 0.147 e. The molecule has 0 fully saturated rings. The lowest BCUT2D eigenvalue weighted by atomic mass is 10.1. The zero-order valence-corrected chi connectivity index (χ0v) is 11.5. The van der Waals surface area contributed by atoms with Crippen molar-refractivity contribution in [3.05, 3.63) is 59.4 Å². The van der Waals surface area contributed by atoms with Crippen molar-refractivity contribution in [3.63, 3.8) is 0 Å². The lowest BCUT2D eigenvalue weighted by molar-refractivity contribution is 0.622. The summed E-state index contributed by atoms with van der Waals surface area (Å²) in [6.45, 7) is 1.81. The van der Waals surface area contributed by atoms with E-state index in [1.165, 1.54) is 6.07 Å². The van der Waals surface area contributed by atoms with Crippen molar-refractivity contribution < 1.29 is 4.39 Å². The van der Waals surface area contributed by atoms with Crippen LogP contribution >= 0.6 is 0 Å². The second-order valence-corrected chi connectivity index (χ2v) is 4.69. The summed E-state index contributed by atoms with van der Waals surface area (Å²) in [6, 6.07) is 13.9. The van der Waals surface area contributed by atoms with Crippen LogP contribution in [0.5, 0.6) is 0 Å². The molecule has 0 saturated carbocycles. The van der Waals surface area contributed by atoms with E-state index in [9.17, 15) is 4.39 Å². The predicted octanol–water partition coefficient (Wildman–Crippen LogP) is 3.48. The number of hydrogen-bond donors (Lipinski definition) is 1. The molecule has 4 heteroatoms. The Labute approximate surface area is 118 Å². The summed E-state index contributed by atoms with van der Waals surface area (Å²) < 4.78 is 14.2. The standard InChI is InChI=1S/C16H16FN3/c1-11(19)12-7-8-16(14(17)9-12)20(2)15-6-4-3-5-13(15)10-18/h3-9,11H,19H2,1-2H3/t11-/m1/s1. The topological polar surface area (TPSA) is 53.0 Å². The maximum absolute atomic E-state index is 14.2. The van der Waals surface area contributed by atoms with Gasteiger partial charge in [0.25, 0.3) is 0 Å². The average Bonchev–Trinajstić information content (AvgIpc) is 2.46. The summed E-state index contributed by atoms with van der Waals surface area (Å²) in [5.74, 6) is -0.352. The second-order valence-electron chi connectivity index (χ2n) is 4.69. The van der Waals surface area contributed by atoms with Crippen LogP contribution in [-0.4, -0.2) is 7.05 Å². The highest BCUT2D eigenvalue weighted by Gasteiger charge is 2.13. The molecule has 0 aliphatic heterocycles. The minimum Gasteiger partial charge on any atom is -0.341 e. The average molecular weight is 269 g/mol. The van der Waals surface area contributed by atoms with E-state index in [2.05, 4.69) is 6.07 Å². The number of anilines is 2. The number of nitrogens with two attached hydrogens (primary N) is 1. The fourth-order valence-corrected chi connectivity index (χ4v) is 2.07. The first-order chi connectivity index (χ1) is 9.54. The van der Waals surface area contributed by atoms with Crippen molar-refractivity contribution in [2.45, 2.75) is 13.0 Å². The zero-order valence-electron chi connectivity index (χ0n) is 11.5. The van der Waals surface area contributed by atoms with Gasteiger partial charge >= 0.3 is 0 Å². The molecule has 0 spiro atoms. The molecule has 102 valence electrons. The van der Waals surface area contributed by atoms with Crippen molar-refractivity contribution >= 4 is 11.4 Å². The van der Waals surface area contributed by atoms with E-state index in [1.54, 1.807) is 42.3 Å². The minimum absolute atomic E-state index is 0.213. The molecule has 0 unspecified atom stereocenters. The molecule has 2 aromatic rings. The van der Waals surface area contributed by atoms with Gasteiger partial charge < -0.3 is 10.6 Å². The minimum atomic E-state index is -0.352. The third-order valence-corrected chi connectivity index (χ3v) is 3.24. The molecular formula is C16H16FN3. The zero-order chi connectivity index (χ0) is 14.7. The lowest BCUT2D eigenvalue weighted by Crippen LogP contribution is -2.13. The van der Waals surface area contributed by atoms with Gasteiger partial charge in [-0.25, -0.2) is 4.39 Å². The first kappa shape index (κ1) is 14.0. The number of para-hydroxylation sites is 1. The van der Waals surface area contributed by atoms with Gasteiger partial charge in [-0.3, -0.25) is 0 Å². The SMILES string of the molecule is C[C@@H](N)c1ccc(N(C)c2ccccc2C#N)c(F)c1. The Hall–Kier alpha value is -2.38. The van der Waals surface area contributed by atoms with Crippen LogP contribution in [0.15, 0.2) is 42.5 Å². The van der Waals surface area contributed by atoms with Gasteiger partial charge in [-0.15, -0.1) is 0 Å². The summed E-state index contributed by atoms with van der Waals surface area (Å²) in [7, 11) is 1.74. The highest BCUT2D eigenvalue weighted by atomic mass is 19.1. The van der Waals surface area contributed by atoms with Crippen LogP contribution in [0.3, 0.4) is 0 Å². The Balaban J connectivity index is 2.44. The molecule has 0 amide bonds. The van der Waals surface area contributed by atoms with Crippen LogP contribution < -0.4 is 10.6 Å². The van der Waals surface area contributed by atoms with E-state index < -0.39 is 0 Å². The van der Waals surface area contributed by atoms with Crippen molar-refractivity contribution in [1.82, 2.24) is 0 Å². The Morgan fingerprint density at radius 1 is 1.20 bits per heavy atom. The first-order valence-electron chi connectivity index (χ1n) is 6.32. The molecule has 2 N–H and O–H groups in total. The number of hydrogen-bond acceptors (Lipinski definition) is 3. The Kier molecular flexibility index (Phi) is 4.02. The van der Waals surface area contributed by atoms with Gasteiger partial charge in [0.15, 0.2) is 0 Å². The maximum Gasteiger partial charge on any atom is 0.147 e. The largest absolute Gasteiger partial charge is 0.341 e. The van der Waals surface area contributed by atoms with Gasteiger partial charge in [-0.1, -0.05) is 18.2 Å². The number of nitrogens with zero attached hydrogens (tertiary/aromatic N) is 2. The van der Waals surface area contributed by atoms with Gasteiger partial charge in [0.05, 0.1) is 16.9 Å². The summed E-state index contributed by atoms with van der Waals surface area (Å²) >= 11 is 0. The molecule has 0 radical (unpaired) electrons. The number of halogens is 1. The molecule has 2 rings (SSSR count). The number of nitriles is 1. The quantitative estimate of drug-likeness (QED) is 0.928. The van der Waals surface area contributed by atoms with E-state index in [4.69, 9.17) is 11.0 Å². The highest BCUT2D eigenvalue weighted by molar-refractivity contribution is 5.69. The van der Waals surface area contributed by atoms with Crippen LogP contribution in [-0.2, 0) is 0 Å². The third kappa shape index (κ3) is 2.63. The molecule has 20 heavy (non-hydrogen) atoms. The predicted molar refractivity (Wildman–Crippen MR) is 78.2 cm³/mol. The molecule has 2 aromatic carbocycles. The molecule has 0 aliphatic rings. The molecule has 3 nitrogen and oxygen atoms in total. The Morgan fingerprint density at radius 3 is 2.50 bits per heavy atom. The van der Waals surface area contributed by atoms with E-state index in [1.807, 2.05) is 13.0 Å². The van der Waals surface area contributed by atoms with E-state index >= 15 is 0 Å². The van der Waals surface area contributed by atoms with Crippen LogP contribution in [0.4, 0.5) is 15.8 Å². The third-order valence-electron chi connectivity index (χ3n) is 3.24. The van der Waals surface area contributed by atoms with Crippen LogP contribution in [0, 0.1) is 17.1 Å². The van der Waals surface area contributed by atoms with Crippen molar-refractivity contribution in [2.24, 2.45) is 5.73 Å². The molecule has 0 aromatic heterocycles. The van der Waals surface area contributed by atoms with Gasteiger partial charge in [-0.05, 0) is 36.8 Å². The first-order valence-corrected chi connectivity index (χ1v) is 6.32. The Morgan fingerprint density at radius 2 is 1.90 bits per heavy atom. The number of benzene rings is 2. The van der Waals surface area contributed by atoms with Crippen molar-refractivity contribution in [3.8, 4) is 6.07 Å². The molecule has 0 saturated heterocycles. The molecular weight excluding hydrogens is 253 g/mol. The van der Waals surface area contributed by atoms with Crippen molar-refractivity contribution in [2.75, 3.05) is 11.9 Å². The van der Waals surface area contributed by atoms with Gasteiger partial charge in [-0.2, -0.15) is 5.26 Å². The molecule has 1 atom stereocenters. The normalized spacial score (nSPS) is 11.8. The second kappa shape index (κ2) is 5.72. The lowest BCUT2D eigenvalue weighted by Gasteiger charge is -2.22. The van der Waals surface area contributed by atoms with Gasteiger partial charge in [0.2, 0.25) is 0 Å². The van der Waals surface area contributed by atoms with Gasteiger partial charge in [0.1, 0.15) is 11.9 Å². The Bertz CT molecular complexity index is 659. The van der Waals surface area contributed by atoms with E-state index in [0.717, 1.165) is 5.56 Å². The van der Waals surface area contributed by atoms with Crippen LogP contribution in [0.1, 0.15) is 24.1 Å².